The van der Waals surface area contributed by atoms with Crippen LogP contribution in [0.25, 0.3) is 11.0 Å². The van der Waals surface area contributed by atoms with Crippen LogP contribution >= 0.6 is 0 Å². The van der Waals surface area contributed by atoms with E-state index in [9.17, 15) is 4.79 Å². The van der Waals surface area contributed by atoms with Crippen molar-refractivity contribution in [3.8, 4) is 0 Å². The first-order valence-corrected chi connectivity index (χ1v) is 8.32. The van der Waals surface area contributed by atoms with Crippen LogP contribution in [0.5, 0.6) is 0 Å². The highest BCUT2D eigenvalue weighted by atomic mass is 16.1. The highest BCUT2D eigenvalue weighted by Crippen LogP contribution is 2.39. The van der Waals surface area contributed by atoms with Crippen molar-refractivity contribution in [2.45, 2.75) is 37.6 Å². The monoisotopic (exact) mass is 304 g/mol. The van der Waals surface area contributed by atoms with E-state index >= 15 is 0 Å². The first kappa shape index (κ1) is 14.2. The molecule has 23 heavy (non-hydrogen) atoms. The Morgan fingerprint density at radius 2 is 1.78 bits per heavy atom. The lowest BCUT2D eigenvalue weighted by Crippen LogP contribution is -2.16. The molecule has 2 heterocycles. The van der Waals surface area contributed by atoms with E-state index in [1.54, 1.807) is 6.20 Å². The molecule has 1 aliphatic carbocycles. The van der Waals surface area contributed by atoms with E-state index in [0.29, 0.717) is 17.5 Å². The van der Waals surface area contributed by atoms with E-state index in [2.05, 4.69) is 45.9 Å². The maximum absolute atomic E-state index is 11.3. The van der Waals surface area contributed by atoms with Gasteiger partial charge in [-0.1, -0.05) is 30.3 Å². The molecule has 2 aromatic heterocycles. The Morgan fingerprint density at radius 1 is 1.00 bits per heavy atom. The standard InChI is InChI=1S/C20H20N2O/c23-14-17-13-22(19-7-4-12-21-20(17)19)18-10-8-16(9-11-18)15-5-2-1-3-6-15/h1-7,12-14,16,18H,8-11H2. The van der Waals surface area contributed by atoms with E-state index in [4.69, 9.17) is 0 Å². The van der Waals surface area contributed by atoms with E-state index in [0.717, 1.165) is 30.2 Å². The zero-order valence-corrected chi connectivity index (χ0v) is 13.1. The average molecular weight is 304 g/mol. The summed E-state index contributed by atoms with van der Waals surface area (Å²) in [4.78, 5) is 15.7. The van der Waals surface area contributed by atoms with Gasteiger partial charge in [0.1, 0.15) is 0 Å². The molecule has 1 fully saturated rings. The molecule has 0 amide bonds. The number of carbonyl (C=O) groups is 1. The highest BCUT2D eigenvalue weighted by molar-refractivity contribution is 5.95. The molecule has 0 bridgehead atoms. The van der Waals surface area contributed by atoms with Gasteiger partial charge in [-0.05, 0) is 49.3 Å². The molecule has 3 heteroatoms. The second-order valence-corrected chi connectivity index (χ2v) is 6.40. The predicted molar refractivity (Wildman–Crippen MR) is 91.8 cm³/mol. The summed E-state index contributed by atoms with van der Waals surface area (Å²) in [6.07, 6.45) is 9.36. The van der Waals surface area contributed by atoms with Gasteiger partial charge in [-0.25, -0.2) is 0 Å². The maximum atomic E-state index is 11.3. The van der Waals surface area contributed by atoms with Crippen molar-refractivity contribution in [3.05, 3.63) is 66.0 Å². The van der Waals surface area contributed by atoms with Crippen molar-refractivity contribution < 1.29 is 4.79 Å². The molecule has 0 unspecified atom stereocenters. The molecule has 0 atom stereocenters. The van der Waals surface area contributed by atoms with Gasteiger partial charge in [0, 0.05) is 18.4 Å². The topological polar surface area (TPSA) is 34.9 Å². The second-order valence-electron chi connectivity index (χ2n) is 6.40. The zero-order valence-electron chi connectivity index (χ0n) is 13.1. The van der Waals surface area contributed by atoms with Crippen molar-refractivity contribution in [1.29, 1.82) is 0 Å². The molecule has 1 saturated carbocycles. The van der Waals surface area contributed by atoms with E-state index in [1.165, 1.54) is 18.4 Å². The molecular formula is C20H20N2O. The Bertz CT molecular complexity index is 814. The molecule has 0 N–H and O–H groups in total. The number of hydrogen-bond acceptors (Lipinski definition) is 2. The SMILES string of the molecule is O=Cc1cn(C2CCC(c3ccccc3)CC2)c2cccnc12. The number of nitrogens with zero attached hydrogens (tertiary/aromatic N) is 2. The zero-order chi connectivity index (χ0) is 15.6. The molecular weight excluding hydrogens is 284 g/mol. The first-order valence-electron chi connectivity index (χ1n) is 8.32. The summed E-state index contributed by atoms with van der Waals surface area (Å²) in [7, 11) is 0. The number of aldehydes is 1. The molecule has 3 nitrogen and oxygen atoms in total. The molecule has 1 aromatic carbocycles. The lowest BCUT2D eigenvalue weighted by Gasteiger charge is -2.30. The van der Waals surface area contributed by atoms with Crippen molar-refractivity contribution in [3.63, 3.8) is 0 Å². The summed E-state index contributed by atoms with van der Waals surface area (Å²) in [5.74, 6) is 0.665. The first-order chi connectivity index (χ1) is 11.4. The van der Waals surface area contributed by atoms with Crippen LogP contribution < -0.4 is 0 Å². The Balaban J connectivity index is 1.58. The maximum Gasteiger partial charge on any atom is 0.153 e. The third-order valence-corrected chi connectivity index (χ3v) is 5.10. The Labute approximate surface area is 136 Å². The van der Waals surface area contributed by atoms with Crippen molar-refractivity contribution in [1.82, 2.24) is 9.55 Å². The molecule has 4 rings (SSSR count). The van der Waals surface area contributed by atoms with Gasteiger partial charge in [0.25, 0.3) is 0 Å². The van der Waals surface area contributed by atoms with Gasteiger partial charge in [-0.2, -0.15) is 0 Å². The predicted octanol–water partition coefficient (Wildman–Crippen LogP) is 4.75. The highest BCUT2D eigenvalue weighted by Gasteiger charge is 2.25. The normalized spacial score (nSPS) is 21.4. The van der Waals surface area contributed by atoms with Crippen LogP contribution in [0.1, 0.15) is 53.6 Å². The third-order valence-electron chi connectivity index (χ3n) is 5.10. The third kappa shape index (κ3) is 2.56. The summed E-state index contributed by atoms with van der Waals surface area (Å²) in [5, 5.41) is 0. The lowest BCUT2D eigenvalue weighted by atomic mass is 9.81. The Morgan fingerprint density at radius 3 is 2.52 bits per heavy atom. The van der Waals surface area contributed by atoms with Crippen LogP contribution in [0.3, 0.4) is 0 Å². The second kappa shape index (κ2) is 5.99. The van der Waals surface area contributed by atoms with Crippen LogP contribution in [0.15, 0.2) is 54.9 Å². The summed E-state index contributed by atoms with van der Waals surface area (Å²) in [5.41, 5.74) is 4.06. The van der Waals surface area contributed by atoms with E-state index < -0.39 is 0 Å². The fraction of sp³-hybridized carbons (Fsp3) is 0.300. The van der Waals surface area contributed by atoms with Crippen LogP contribution in [-0.2, 0) is 0 Å². The largest absolute Gasteiger partial charge is 0.342 e. The van der Waals surface area contributed by atoms with Crippen LogP contribution in [-0.4, -0.2) is 15.8 Å². The van der Waals surface area contributed by atoms with Gasteiger partial charge in [0.05, 0.1) is 16.6 Å². The van der Waals surface area contributed by atoms with Gasteiger partial charge in [-0.3, -0.25) is 9.78 Å². The Kier molecular flexibility index (Phi) is 3.70. The number of aromatic nitrogens is 2. The van der Waals surface area contributed by atoms with Gasteiger partial charge in [-0.15, -0.1) is 0 Å². The minimum Gasteiger partial charge on any atom is -0.342 e. The van der Waals surface area contributed by atoms with E-state index in [-0.39, 0.29) is 0 Å². The molecule has 3 aromatic rings. The van der Waals surface area contributed by atoms with Crippen LogP contribution in [0.4, 0.5) is 0 Å². The van der Waals surface area contributed by atoms with Crippen LogP contribution in [0, 0.1) is 0 Å². The minimum absolute atomic E-state index is 0.468. The van der Waals surface area contributed by atoms with Crippen molar-refractivity contribution in [2.75, 3.05) is 0 Å². The summed E-state index contributed by atoms with van der Waals surface area (Å²) < 4.78 is 2.27. The van der Waals surface area contributed by atoms with Crippen molar-refractivity contribution >= 4 is 17.3 Å². The van der Waals surface area contributed by atoms with Gasteiger partial charge >= 0.3 is 0 Å². The molecule has 116 valence electrons. The Hall–Kier alpha value is -2.42. The molecule has 0 saturated heterocycles. The number of carbonyl (C=O) groups excluding carboxylic acids is 1. The smallest absolute Gasteiger partial charge is 0.153 e. The quantitative estimate of drug-likeness (QED) is 0.655. The molecule has 0 radical (unpaired) electrons. The number of fused-ring (bicyclic) bond motifs is 1. The minimum atomic E-state index is 0.468. The van der Waals surface area contributed by atoms with Crippen molar-refractivity contribution in [2.24, 2.45) is 0 Å². The average Bonchev–Trinajstić information content (AvgIpc) is 3.01. The lowest BCUT2D eigenvalue weighted by molar-refractivity contribution is 0.112. The number of rotatable bonds is 3. The summed E-state index contributed by atoms with van der Waals surface area (Å²) in [6, 6.07) is 15.3. The van der Waals surface area contributed by atoms with E-state index in [1.807, 2.05) is 12.3 Å². The fourth-order valence-corrected chi connectivity index (χ4v) is 3.91. The number of pyridine rings is 1. The van der Waals surface area contributed by atoms with Gasteiger partial charge < -0.3 is 4.57 Å². The number of benzene rings is 1. The summed E-state index contributed by atoms with van der Waals surface area (Å²) >= 11 is 0. The molecule has 0 aliphatic heterocycles. The molecule has 1 aliphatic rings. The van der Waals surface area contributed by atoms with Crippen LogP contribution in [0.2, 0.25) is 0 Å². The fourth-order valence-electron chi connectivity index (χ4n) is 3.91. The van der Waals surface area contributed by atoms with Gasteiger partial charge in [0.2, 0.25) is 0 Å². The van der Waals surface area contributed by atoms with Gasteiger partial charge in [0.15, 0.2) is 6.29 Å². The molecule has 0 spiro atoms. The number of hydrogen-bond donors (Lipinski definition) is 0. The summed E-state index contributed by atoms with van der Waals surface area (Å²) in [6.45, 7) is 0.